The van der Waals surface area contributed by atoms with Crippen molar-refractivity contribution in [3.8, 4) is 0 Å². The Labute approximate surface area is 181 Å². The summed E-state index contributed by atoms with van der Waals surface area (Å²) in [7, 11) is -3.78. The number of piperidine rings is 1. The van der Waals surface area contributed by atoms with Crippen LogP contribution in [0.5, 0.6) is 0 Å². The molecule has 1 aliphatic heterocycles. The van der Waals surface area contributed by atoms with Crippen LogP contribution in [-0.2, 0) is 10.0 Å². The van der Waals surface area contributed by atoms with Gasteiger partial charge in [-0.15, -0.1) is 0 Å². The van der Waals surface area contributed by atoms with Gasteiger partial charge in [-0.2, -0.15) is 4.98 Å². The molecule has 0 spiro atoms. The maximum Gasteiger partial charge on any atom is 0.267 e. The fourth-order valence-electron chi connectivity index (χ4n) is 3.71. The van der Waals surface area contributed by atoms with Crippen molar-refractivity contribution in [1.82, 2.24) is 15.1 Å². The third kappa shape index (κ3) is 4.79. The van der Waals surface area contributed by atoms with Gasteiger partial charge >= 0.3 is 0 Å². The minimum absolute atomic E-state index is 0.0631. The fraction of sp³-hybridized carbons (Fsp3) is 0.381. The molecule has 1 aromatic carbocycles. The third-order valence-electron chi connectivity index (χ3n) is 5.15. The van der Waals surface area contributed by atoms with Crippen molar-refractivity contribution in [1.29, 1.82) is 0 Å². The number of benzene rings is 1. The number of rotatable bonds is 6. The highest BCUT2D eigenvalue weighted by molar-refractivity contribution is 7.92. The lowest BCUT2D eigenvalue weighted by Gasteiger charge is -2.28. The van der Waals surface area contributed by atoms with E-state index in [1.165, 1.54) is 19.3 Å². The van der Waals surface area contributed by atoms with Gasteiger partial charge < -0.3 is 14.7 Å². The Hall–Kier alpha value is -3.14. The second kappa shape index (κ2) is 8.54. The monoisotopic (exact) mass is 442 g/mol. The highest BCUT2D eigenvalue weighted by Crippen LogP contribution is 2.25. The van der Waals surface area contributed by atoms with Crippen molar-refractivity contribution < 1.29 is 12.9 Å². The number of anilines is 4. The van der Waals surface area contributed by atoms with Crippen LogP contribution in [0.4, 0.5) is 23.1 Å². The molecule has 9 nitrogen and oxygen atoms in total. The van der Waals surface area contributed by atoms with Crippen LogP contribution in [0.1, 0.15) is 36.4 Å². The number of nitrogens with zero attached hydrogens (tertiary/aromatic N) is 4. The van der Waals surface area contributed by atoms with Crippen molar-refractivity contribution in [3.05, 3.63) is 47.5 Å². The molecule has 1 aliphatic rings. The molecule has 4 rings (SSSR count). The van der Waals surface area contributed by atoms with Gasteiger partial charge in [-0.3, -0.25) is 4.72 Å². The first-order valence-corrected chi connectivity index (χ1v) is 11.7. The highest BCUT2D eigenvalue weighted by Gasteiger charge is 2.24. The van der Waals surface area contributed by atoms with E-state index >= 15 is 0 Å². The molecular weight excluding hydrogens is 416 g/mol. The van der Waals surface area contributed by atoms with Crippen LogP contribution < -0.4 is 14.9 Å². The van der Waals surface area contributed by atoms with Crippen molar-refractivity contribution in [2.24, 2.45) is 0 Å². The Morgan fingerprint density at radius 3 is 2.29 bits per heavy atom. The zero-order chi connectivity index (χ0) is 22.0. The molecule has 0 bridgehead atoms. The van der Waals surface area contributed by atoms with Gasteiger partial charge in [0, 0.05) is 36.2 Å². The van der Waals surface area contributed by atoms with E-state index in [4.69, 9.17) is 4.52 Å². The van der Waals surface area contributed by atoms with Crippen molar-refractivity contribution in [3.63, 3.8) is 0 Å². The van der Waals surface area contributed by atoms with Gasteiger partial charge in [0.25, 0.3) is 10.0 Å². The first kappa shape index (κ1) is 21.1. The molecule has 0 radical (unpaired) electrons. The van der Waals surface area contributed by atoms with Gasteiger partial charge in [-0.05, 0) is 64.3 Å². The molecule has 1 fully saturated rings. The maximum absolute atomic E-state index is 12.7. The summed E-state index contributed by atoms with van der Waals surface area (Å²) in [5, 5.41) is 6.92. The van der Waals surface area contributed by atoms with Crippen molar-refractivity contribution in [2.75, 3.05) is 28.0 Å². The predicted molar refractivity (Wildman–Crippen MR) is 119 cm³/mol. The lowest BCUT2D eigenvalue weighted by molar-refractivity contribution is 0.390. The minimum Gasteiger partial charge on any atom is -0.360 e. The van der Waals surface area contributed by atoms with E-state index in [0.29, 0.717) is 17.3 Å². The van der Waals surface area contributed by atoms with Crippen molar-refractivity contribution >= 4 is 33.2 Å². The van der Waals surface area contributed by atoms with Gasteiger partial charge in [0.1, 0.15) is 11.5 Å². The van der Waals surface area contributed by atoms with Crippen LogP contribution in [0.3, 0.4) is 0 Å². The molecule has 0 atom stereocenters. The Bertz CT molecular complexity index is 1150. The SMILES string of the molecule is Cc1cc(N2CCCCC2)nc(Nc2ccc(NS(=O)(=O)c3c(C)noc3C)cc2)n1. The van der Waals surface area contributed by atoms with E-state index in [-0.39, 0.29) is 10.7 Å². The minimum atomic E-state index is -3.78. The molecule has 0 unspecified atom stereocenters. The first-order valence-electron chi connectivity index (χ1n) is 10.3. The standard InChI is InChI=1S/C21H26N6O3S/c1-14-13-19(27-11-5-4-6-12-27)24-21(22-14)23-17-7-9-18(10-8-17)26-31(28,29)20-15(2)25-30-16(20)3/h7-10,13,26H,4-6,11-12H2,1-3H3,(H,22,23,24). The van der Waals surface area contributed by atoms with Gasteiger partial charge in [-0.1, -0.05) is 5.16 Å². The molecular formula is C21H26N6O3S. The quantitative estimate of drug-likeness (QED) is 0.590. The summed E-state index contributed by atoms with van der Waals surface area (Å²) < 4.78 is 32.8. The van der Waals surface area contributed by atoms with Gasteiger partial charge in [0.2, 0.25) is 5.95 Å². The Morgan fingerprint density at radius 2 is 1.65 bits per heavy atom. The van der Waals surface area contributed by atoms with Crippen LogP contribution >= 0.6 is 0 Å². The molecule has 3 aromatic rings. The normalized spacial score (nSPS) is 14.5. The zero-order valence-corrected chi connectivity index (χ0v) is 18.7. The summed E-state index contributed by atoms with van der Waals surface area (Å²) in [6, 6.07) is 8.91. The van der Waals surface area contributed by atoms with E-state index in [1.54, 1.807) is 38.1 Å². The molecule has 31 heavy (non-hydrogen) atoms. The molecule has 0 amide bonds. The summed E-state index contributed by atoms with van der Waals surface area (Å²) in [6.07, 6.45) is 3.62. The molecule has 10 heteroatoms. The zero-order valence-electron chi connectivity index (χ0n) is 17.8. The Morgan fingerprint density at radius 1 is 0.968 bits per heavy atom. The average Bonchev–Trinajstić information content (AvgIpc) is 3.08. The number of hydrogen-bond acceptors (Lipinski definition) is 8. The topological polar surface area (TPSA) is 113 Å². The fourth-order valence-corrected chi connectivity index (χ4v) is 5.10. The number of aryl methyl sites for hydroxylation is 3. The van der Waals surface area contributed by atoms with Crippen LogP contribution in [0.25, 0.3) is 0 Å². The first-order chi connectivity index (χ1) is 14.8. The molecule has 0 saturated carbocycles. The summed E-state index contributed by atoms with van der Waals surface area (Å²) >= 11 is 0. The van der Waals surface area contributed by atoms with E-state index in [1.807, 2.05) is 13.0 Å². The van der Waals surface area contributed by atoms with E-state index in [2.05, 4.69) is 30.1 Å². The Balaban J connectivity index is 1.48. The second-order valence-electron chi connectivity index (χ2n) is 7.70. The molecule has 164 valence electrons. The predicted octanol–water partition coefficient (Wildman–Crippen LogP) is 3.92. The Kier molecular flexibility index (Phi) is 5.81. The van der Waals surface area contributed by atoms with Crippen molar-refractivity contribution in [2.45, 2.75) is 44.9 Å². The van der Waals surface area contributed by atoms with E-state index in [9.17, 15) is 8.42 Å². The highest BCUT2D eigenvalue weighted by atomic mass is 32.2. The van der Waals surface area contributed by atoms with Crippen LogP contribution in [-0.4, -0.2) is 36.6 Å². The number of aromatic nitrogens is 3. The number of sulfonamides is 1. The van der Waals surface area contributed by atoms with E-state index < -0.39 is 10.0 Å². The molecule has 2 aromatic heterocycles. The molecule has 0 aliphatic carbocycles. The largest absolute Gasteiger partial charge is 0.360 e. The lowest BCUT2D eigenvalue weighted by atomic mass is 10.1. The van der Waals surface area contributed by atoms with Gasteiger partial charge in [0.15, 0.2) is 10.7 Å². The van der Waals surface area contributed by atoms with Gasteiger partial charge in [0.05, 0.1) is 0 Å². The number of hydrogen-bond donors (Lipinski definition) is 2. The van der Waals surface area contributed by atoms with E-state index in [0.717, 1.165) is 30.3 Å². The summed E-state index contributed by atoms with van der Waals surface area (Å²) in [5.41, 5.74) is 2.41. The number of nitrogens with one attached hydrogen (secondary N) is 2. The second-order valence-corrected chi connectivity index (χ2v) is 9.32. The molecule has 1 saturated heterocycles. The molecule has 2 N–H and O–H groups in total. The summed E-state index contributed by atoms with van der Waals surface area (Å²) in [4.78, 5) is 11.5. The lowest BCUT2D eigenvalue weighted by Crippen LogP contribution is -2.30. The maximum atomic E-state index is 12.7. The average molecular weight is 443 g/mol. The molecule has 3 heterocycles. The smallest absolute Gasteiger partial charge is 0.267 e. The summed E-state index contributed by atoms with van der Waals surface area (Å²) in [6.45, 7) is 7.14. The van der Waals surface area contributed by atoms with Crippen LogP contribution in [0, 0.1) is 20.8 Å². The third-order valence-corrected chi connectivity index (χ3v) is 6.78. The van der Waals surface area contributed by atoms with Crippen LogP contribution in [0.15, 0.2) is 39.8 Å². The summed E-state index contributed by atoms with van der Waals surface area (Å²) in [5.74, 6) is 1.70. The van der Waals surface area contributed by atoms with Gasteiger partial charge in [-0.25, -0.2) is 13.4 Å². The van der Waals surface area contributed by atoms with Crippen LogP contribution in [0.2, 0.25) is 0 Å².